The molecular weight excluding hydrogens is 294 g/mol. The fraction of sp³-hybridized carbons (Fsp3) is 0.0667. The van der Waals surface area contributed by atoms with Crippen LogP contribution in [0.1, 0.15) is 20.7 Å². The number of carboxylic acid groups (broad SMARTS) is 1. The molecule has 0 aromatic heterocycles. The number of ether oxygens (including phenoxy) is 1. The van der Waals surface area contributed by atoms with Gasteiger partial charge in [-0.1, -0.05) is 23.7 Å². The number of nitrogens with one attached hydrogen (secondary N) is 1. The molecule has 0 radical (unpaired) electrons. The molecule has 2 rings (SSSR count). The molecule has 0 unspecified atom stereocenters. The normalized spacial score (nSPS) is 10.0. The van der Waals surface area contributed by atoms with Crippen molar-refractivity contribution in [1.82, 2.24) is 0 Å². The summed E-state index contributed by atoms with van der Waals surface area (Å²) in [6.45, 7) is 0. The van der Waals surface area contributed by atoms with Gasteiger partial charge in [-0.15, -0.1) is 0 Å². The Morgan fingerprint density at radius 1 is 1.14 bits per heavy atom. The van der Waals surface area contributed by atoms with E-state index in [1.807, 2.05) is 0 Å². The van der Waals surface area contributed by atoms with Crippen LogP contribution in [-0.2, 0) is 0 Å². The second-order valence-electron chi connectivity index (χ2n) is 4.15. The fourth-order valence-corrected chi connectivity index (χ4v) is 2.01. The van der Waals surface area contributed by atoms with E-state index in [-0.39, 0.29) is 11.1 Å². The number of carbonyl (C=O) groups excluding carboxylic acids is 1. The first kappa shape index (κ1) is 14.9. The topological polar surface area (TPSA) is 75.6 Å². The number of rotatable bonds is 4. The molecule has 0 fully saturated rings. The smallest absolute Gasteiger partial charge is 0.336 e. The number of aromatic carboxylic acids is 1. The van der Waals surface area contributed by atoms with E-state index in [0.717, 1.165) is 0 Å². The molecule has 0 saturated heterocycles. The quantitative estimate of drug-likeness (QED) is 0.908. The largest absolute Gasteiger partial charge is 0.495 e. The van der Waals surface area contributed by atoms with Crippen LogP contribution in [0.4, 0.5) is 5.69 Å². The molecule has 2 aromatic carbocycles. The first-order valence-corrected chi connectivity index (χ1v) is 6.38. The highest BCUT2D eigenvalue weighted by Crippen LogP contribution is 2.28. The van der Waals surface area contributed by atoms with Crippen molar-refractivity contribution in [3.63, 3.8) is 0 Å². The van der Waals surface area contributed by atoms with Crippen LogP contribution in [0.2, 0.25) is 5.02 Å². The van der Waals surface area contributed by atoms with Gasteiger partial charge in [0, 0.05) is 5.02 Å². The zero-order chi connectivity index (χ0) is 15.4. The molecule has 2 aromatic rings. The minimum absolute atomic E-state index is 0.0621. The number of carboxylic acids is 1. The van der Waals surface area contributed by atoms with E-state index < -0.39 is 11.9 Å². The van der Waals surface area contributed by atoms with Gasteiger partial charge in [0.25, 0.3) is 5.91 Å². The standard InChI is InChI=1S/C15H12ClNO4/c1-21-13-7-6-9(16)8-12(13)17-14(18)10-4-2-3-5-11(10)15(19)20/h2-8H,1H3,(H,17,18)(H,19,20). The van der Waals surface area contributed by atoms with Gasteiger partial charge in [0.15, 0.2) is 0 Å². The van der Waals surface area contributed by atoms with Gasteiger partial charge in [-0.25, -0.2) is 4.79 Å². The van der Waals surface area contributed by atoms with Crippen LogP contribution in [0.25, 0.3) is 0 Å². The van der Waals surface area contributed by atoms with Gasteiger partial charge in [0.05, 0.1) is 23.9 Å². The van der Waals surface area contributed by atoms with Crippen molar-refractivity contribution in [3.8, 4) is 5.75 Å². The minimum Gasteiger partial charge on any atom is -0.495 e. The molecule has 0 spiro atoms. The molecule has 2 N–H and O–H groups in total. The van der Waals surface area contributed by atoms with Crippen LogP contribution in [0, 0.1) is 0 Å². The third-order valence-electron chi connectivity index (χ3n) is 2.81. The van der Waals surface area contributed by atoms with E-state index in [0.29, 0.717) is 16.5 Å². The highest BCUT2D eigenvalue weighted by atomic mass is 35.5. The van der Waals surface area contributed by atoms with Crippen molar-refractivity contribution in [3.05, 3.63) is 58.6 Å². The van der Waals surface area contributed by atoms with Crippen molar-refractivity contribution in [2.24, 2.45) is 0 Å². The zero-order valence-corrected chi connectivity index (χ0v) is 11.8. The Balaban J connectivity index is 2.35. The van der Waals surface area contributed by atoms with Crippen LogP contribution in [-0.4, -0.2) is 24.1 Å². The molecule has 108 valence electrons. The van der Waals surface area contributed by atoms with Crippen molar-refractivity contribution < 1.29 is 19.4 Å². The first-order chi connectivity index (χ1) is 10.0. The van der Waals surface area contributed by atoms with Crippen LogP contribution in [0.5, 0.6) is 5.75 Å². The van der Waals surface area contributed by atoms with Gasteiger partial charge in [0.2, 0.25) is 0 Å². The van der Waals surface area contributed by atoms with Gasteiger partial charge in [-0.05, 0) is 30.3 Å². The monoisotopic (exact) mass is 305 g/mol. The van der Waals surface area contributed by atoms with Crippen molar-refractivity contribution in [2.45, 2.75) is 0 Å². The molecule has 1 amide bonds. The second-order valence-corrected chi connectivity index (χ2v) is 4.59. The number of methoxy groups -OCH3 is 1. The lowest BCUT2D eigenvalue weighted by Gasteiger charge is -2.11. The van der Waals surface area contributed by atoms with Gasteiger partial charge >= 0.3 is 5.97 Å². The summed E-state index contributed by atoms with van der Waals surface area (Å²) >= 11 is 5.88. The third kappa shape index (κ3) is 3.32. The molecule has 0 heterocycles. The lowest BCUT2D eigenvalue weighted by Crippen LogP contribution is -2.16. The number of hydrogen-bond acceptors (Lipinski definition) is 3. The minimum atomic E-state index is -1.17. The van der Waals surface area contributed by atoms with Crippen molar-refractivity contribution >= 4 is 29.2 Å². The Morgan fingerprint density at radius 3 is 2.43 bits per heavy atom. The van der Waals surface area contributed by atoms with Gasteiger partial charge in [0.1, 0.15) is 5.75 Å². The Bertz CT molecular complexity index is 700. The van der Waals surface area contributed by atoms with E-state index in [4.69, 9.17) is 21.4 Å². The molecule has 0 aliphatic carbocycles. The maximum absolute atomic E-state index is 12.2. The SMILES string of the molecule is COc1ccc(Cl)cc1NC(=O)c1ccccc1C(=O)O. The lowest BCUT2D eigenvalue weighted by molar-refractivity contribution is 0.0692. The molecule has 0 aliphatic heterocycles. The number of carbonyl (C=O) groups is 2. The summed E-state index contributed by atoms with van der Waals surface area (Å²) in [6, 6.07) is 10.7. The van der Waals surface area contributed by atoms with Crippen LogP contribution in [0.3, 0.4) is 0 Å². The predicted octanol–water partition coefficient (Wildman–Crippen LogP) is 3.30. The summed E-state index contributed by atoms with van der Waals surface area (Å²) in [5.74, 6) is -1.28. The highest BCUT2D eigenvalue weighted by molar-refractivity contribution is 6.31. The molecule has 0 atom stereocenters. The zero-order valence-electron chi connectivity index (χ0n) is 11.1. The van der Waals surface area contributed by atoms with E-state index in [1.54, 1.807) is 24.3 Å². The average molecular weight is 306 g/mol. The highest BCUT2D eigenvalue weighted by Gasteiger charge is 2.17. The predicted molar refractivity (Wildman–Crippen MR) is 79.4 cm³/mol. The van der Waals surface area contributed by atoms with E-state index in [9.17, 15) is 9.59 Å². The molecule has 0 aliphatic rings. The molecule has 6 heteroatoms. The van der Waals surface area contributed by atoms with Crippen molar-refractivity contribution in [1.29, 1.82) is 0 Å². The van der Waals surface area contributed by atoms with E-state index in [1.165, 1.54) is 25.3 Å². The van der Waals surface area contributed by atoms with Gasteiger partial charge in [-0.3, -0.25) is 4.79 Å². The van der Waals surface area contributed by atoms with E-state index >= 15 is 0 Å². The second kappa shape index (κ2) is 6.28. The van der Waals surface area contributed by atoms with E-state index in [2.05, 4.69) is 5.32 Å². The third-order valence-corrected chi connectivity index (χ3v) is 3.05. The van der Waals surface area contributed by atoms with Gasteiger partial charge in [-0.2, -0.15) is 0 Å². The number of halogens is 1. The number of benzene rings is 2. The summed E-state index contributed by atoms with van der Waals surface area (Å²) in [4.78, 5) is 23.4. The average Bonchev–Trinajstić information content (AvgIpc) is 2.47. The summed E-state index contributed by atoms with van der Waals surface area (Å²) in [6.07, 6.45) is 0. The number of hydrogen-bond donors (Lipinski definition) is 2. The summed E-state index contributed by atoms with van der Waals surface area (Å²) in [5.41, 5.74) is 0.359. The lowest BCUT2D eigenvalue weighted by atomic mass is 10.1. The number of anilines is 1. The van der Waals surface area contributed by atoms with Crippen molar-refractivity contribution in [2.75, 3.05) is 12.4 Å². The summed E-state index contributed by atoms with van der Waals surface area (Å²) in [5, 5.41) is 12.1. The summed E-state index contributed by atoms with van der Waals surface area (Å²) in [7, 11) is 1.46. The molecule has 5 nitrogen and oxygen atoms in total. The Kier molecular flexibility index (Phi) is 4.45. The Morgan fingerprint density at radius 2 is 1.81 bits per heavy atom. The maximum atomic E-state index is 12.2. The molecular formula is C15H12ClNO4. The van der Waals surface area contributed by atoms with Crippen LogP contribution >= 0.6 is 11.6 Å². The van der Waals surface area contributed by atoms with Crippen LogP contribution < -0.4 is 10.1 Å². The molecule has 0 saturated carbocycles. The van der Waals surface area contributed by atoms with Crippen LogP contribution in [0.15, 0.2) is 42.5 Å². The Hall–Kier alpha value is -2.53. The molecule has 21 heavy (non-hydrogen) atoms. The maximum Gasteiger partial charge on any atom is 0.336 e. The molecule has 0 bridgehead atoms. The fourth-order valence-electron chi connectivity index (χ4n) is 1.84. The van der Waals surface area contributed by atoms with Gasteiger partial charge < -0.3 is 15.2 Å². The summed E-state index contributed by atoms with van der Waals surface area (Å²) < 4.78 is 5.13. The number of amides is 1. The first-order valence-electron chi connectivity index (χ1n) is 6.00. The Labute approximate surface area is 126 Å².